The minimum Gasteiger partial charge on any atom is -0.264 e. The second-order valence-corrected chi connectivity index (χ2v) is 7.11. The maximum Gasteiger partial charge on any atom is 0.0302 e. The summed E-state index contributed by atoms with van der Waals surface area (Å²) in [6, 6.07) is 18.0. The normalized spacial score (nSPS) is 18.4. The zero-order valence-corrected chi connectivity index (χ0v) is 13.8. The number of hydrogen-bond acceptors (Lipinski definition) is 1. The quantitative estimate of drug-likeness (QED) is 0.608. The van der Waals surface area contributed by atoms with E-state index in [1.807, 2.05) is 12.4 Å². The Labute approximate surface area is 143 Å². The molecule has 1 heterocycles. The highest BCUT2D eigenvalue weighted by atomic mass is 14.6. The predicted molar refractivity (Wildman–Crippen MR) is 98.3 cm³/mol. The van der Waals surface area contributed by atoms with Crippen molar-refractivity contribution in [3.63, 3.8) is 0 Å². The zero-order chi connectivity index (χ0) is 15.9. The molecule has 118 valence electrons. The van der Waals surface area contributed by atoms with E-state index in [0.717, 1.165) is 6.42 Å². The molecule has 2 aliphatic carbocycles. The molecule has 1 heteroatoms. The van der Waals surface area contributed by atoms with Gasteiger partial charge >= 0.3 is 0 Å². The standard InChI is InChI=1S/C23H21N/c1-2-6-20-16(4-1)7-11-23-21-10-8-17(19-5-3-13-24-15-19)14-18(21)9-12-22(20)23/h1-6,9,12-13,15,17H,7-8,10-11,14H2. The number of aryl methyl sites for hydroxylation is 1. The van der Waals surface area contributed by atoms with Crippen molar-refractivity contribution < 1.29 is 0 Å². The fraction of sp³-hybridized carbons (Fsp3) is 0.261. The van der Waals surface area contributed by atoms with Crippen LogP contribution in [-0.4, -0.2) is 4.98 Å². The second-order valence-electron chi connectivity index (χ2n) is 7.11. The first-order chi connectivity index (χ1) is 11.9. The highest BCUT2D eigenvalue weighted by Crippen LogP contribution is 2.41. The van der Waals surface area contributed by atoms with Crippen molar-refractivity contribution >= 4 is 0 Å². The van der Waals surface area contributed by atoms with E-state index in [1.54, 1.807) is 16.7 Å². The first-order valence-electron chi connectivity index (χ1n) is 9.02. The van der Waals surface area contributed by atoms with Gasteiger partial charge in [0.1, 0.15) is 0 Å². The van der Waals surface area contributed by atoms with Crippen LogP contribution in [0.4, 0.5) is 0 Å². The number of rotatable bonds is 1. The van der Waals surface area contributed by atoms with Gasteiger partial charge in [-0.15, -0.1) is 0 Å². The van der Waals surface area contributed by atoms with E-state index in [1.165, 1.54) is 47.9 Å². The van der Waals surface area contributed by atoms with Gasteiger partial charge in [0.2, 0.25) is 0 Å². The fourth-order valence-electron chi connectivity index (χ4n) is 4.63. The molecule has 0 aliphatic heterocycles. The highest BCUT2D eigenvalue weighted by molar-refractivity contribution is 5.75. The average Bonchev–Trinajstić information content (AvgIpc) is 2.67. The van der Waals surface area contributed by atoms with Crippen molar-refractivity contribution in [2.45, 2.75) is 38.0 Å². The van der Waals surface area contributed by atoms with Crippen molar-refractivity contribution in [1.82, 2.24) is 4.98 Å². The first kappa shape index (κ1) is 14.0. The number of pyridine rings is 1. The summed E-state index contributed by atoms with van der Waals surface area (Å²) < 4.78 is 0. The molecule has 1 atom stereocenters. The number of fused-ring (bicyclic) bond motifs is 5. The molecule has 0 N–H and O–H groups in total. The van der Waals surface area contributed by atoms with E-state index in [9.17, 15) is 0 Å². The summed E-state index contributed by atoms with van der Waals surface area (Å²) in [6.07, 6.45) is 9.92. The summed E-state index contributed by atoms with van der Waals surface area (Å²) in [4.78, 5) is 4.31. The maximum atomic E-state index is 4.31. The van der Waals surface area contributed by atoms with Crippen LogP contribution in [0.5, 0.6) is 0 Å². The maximum absolute atomic E-state index is 4.31. The Morgan fingerprint density at radius 3 is 2.62 bits per heavy atom. The van der Waals surface area contributed by atoms with E-state index in [0.29, 0.717) is 5.92 Å². The lowest BCUT2D eigenvalue weighted by molar-refractivity contribution is 0.579. The van der Waals surface area contributed by atoms with Crippen LogP contribution in [0.3, 0.4) is 0 Å². The molecule has 3 aromatic rings. The molecular formula is C23H21N. The van der Waals surface area contributed by atoms with E-state index < -0.39 is 0 Å². The highest BCUT2D eigenvalue weighted by Gasteiger charge is 2.26. The lowest BCUT2D eigenvalue weighted by atomic mass is 9.74. The number of hydrogen-bond donors (Lipinski definition) is 0. The van der Waals surface area contributed by atoms with Gasteiger partial charge in [-0.05, 0) is 83.0 Å². The third-order valence-electron chi connectivity index (χ3n) is 5.85. The molecule has 2 aliphatic rings. The Balaban J connectivity index is 1.55. The topological polar surface area (TPSA) is 12.9 Å². The van der Waals surface area contributed by atoms with Crippen molar-refractivity contribution in [2.75, 3.05) is 0 Å². The minimum atomic E-state index is 0.625. The molecule has 0 bridgehead atoms. The van der Waals surface area contributed by atoms with E-state index in [-0.39, 0.29) is 0 Å². The minimum absolute atomic E-state index is 0.625. The van der Waals surface area contributed by atoms with Gasteiger partial charge in [-0.3, -0.25) is 4.98 Å². The van der Waals surface area contributed by atoms with Crippen LogP contribution in [0.15, 0.2) is 60.9 Å². The van der Waals surface area contributed by atoms with Gasteiger partial charge in [-0.2, -0.15) is 0 Å². The largest absolute Gasteiger partial charge is 0.264 e. The molecule has 1 nitrogen and oxygen atoms in total. The lowest BCUT2D eigenvalue weighted by Gasteiger charge is -2.30. The van der Waals surface area contributed by atoms with Gasteiger partial charge in [-0.25, -0.2) is 0 Å². The fourth-order valence-corrected chi connectivity index (χ4v) is 4.63. The monoisotopic (exact) mass is 311 g/mol. The molecule has 1 unspecified atom stereocenters. The Morgan fingerprint density at radius 1 is 0.750 bits per heavy atom. The summed E-state index contributed by atoms with van der Waals surface area (Å²) in [5.74, 6) is 0.625. The molecule has 0 amide bonds. The third-order valence-corrected chi connectivity index (χ3v) is 5.85. The zero-order valence-electron chi connectivity index (χ0n) is 13.8. The van der Waals surface area contributed by atoms with Crippen LogP contribution in [0.25, 0.3) is 11.1 Å². The Morgan fingerprint density at radius 2 is 1.71 bits per heavy atom. The predicted octanol–water partition coefficient (Wildman–Crippen LogP) is 5.12. The summed E-state index contributed by atoms with van der Waals surface area (Å²) in [5, 5.41) is 0. The molecule has 0 fully saturated rings. The number of benzene rings is 2. The van der Waals surface area contributed by atoms with E-state index >= 15 is 0 Å². The van der Waals surface area contributed by atoms with Crippen molar-refractivity contribution in [1.29, 1.82) is 0 Å². The molecule has 0 saturated carbocycles. The molecule has 0 spiro atoms. The van der Waals surface area contributed by atoms with Crippen LogP contribution >= 0.6 is 0 Å². The van der Waals surface area contributed by atoms with Crippen LogP contribution < -0.4 is 0 Å². The van der Waals surface area contributed by atoms with Gasteiger partial charge in [0.25, 0.3) is 0 Å². The molecule has 0 saturated heterocycles. The SMILES string of the molecule is c1cncc(C2CCc3c(ccc4c3CCc3ccccc3-4)C2)c1. The van der Waals surface area contributed by atoms with Crippen LogP contribution in [0, 0.1) is 0 Å². The van der Waals surface area contributed by atoms with Gasteiger partial charge < -0.3 is 0 Å². The smallest absolute Gasteiger partial charge is 0.0302 e. The van der Waals surface area contributed by atoms with Gasteiger partial charge in [0.05, 0.1) is 0 Å². The Kier molecular flexibility index (Phi) is 3.26. The van der Waals surface area contributed by atoms with Crippen LogP contribution in [0.2, 0.25) is 0 Å². The lowest BCUT2D eigenvalue weighted by Crippen LogP contribution is -2.17. The third kappa shape index (κ3) is 2.19. The van der Waals surface area contributed by atoms with E-state index in [4.69, 9.17) is 0 Å². The summed E-state index contributed by atoms with van der Waals surface area (Å²) in [6.45, 7) is 0. The number of nitrogens with zero attached hydrogens (tertiary/aromatic N) is 1. The molecule has 1 aromatic heterocycles. The first-order valence-corrected chi connectivity index (χ1v) is 9.02. The summed E-state index contributed by atoms with van der Waals surface area (Å²) >= 11 is 0. The molecule has 5 rings (SSSR count). The Hall–Kier alpha value is -2.41. The second kappa shape index (κ2) is 5.59. The molecule has 2 aromatic carbocycles. The molecule has 0 radical (unpaired) electrons. The summed E-state index contributed by atoms with van der Waals surface area (Å²) in [7, 11) is 0. The van der Waals surface area contributed by atoms with E-state index in [2.05, 4.69) is 53.5 Å². The molecular weight excluding hydrogens is 290 g/mol. The van der Waals surface area contributed by atoms with Crippen LogP contribution in [0.1, 0.15) is 40.2 Å². The van der Waals surface area contributed by atoms with Crippen molar-refractivity contribution in [3.8, 4) is 11.1 Å². The van der Waals surface area contributed by atoms with Gasteiger partial charge in [-0.1, -0.05) is 42.5 Å². The average molecular weight is 311 g/mol. The number of aromatic nitrogens is 1. The van der Waals surface area contributed by atoms with Gasteiger partial charge in [0, 0.05) is 12.4 Å². The van der Waals surface area contributed by atoms with Crippen molar-refractivity contribution in [3.05, 3.63) is 88.7 Å². The van der Waals surface area contributed by atoms with Crippen molar-refractivity contribution in [2.24, 2.45) is 0 Å². The van der Waals surface area contributed by atoms with Crippen LogP contribution in [-0.2, 0) is 25.7 Å². The molecule has 24 heavy (non-hydrogen) atoms. The van der Waals surface area contributed by atoms with Gasteiger partial charge in [0.15, 0.2) is 0 Å². The Bertz CT molecular complexity index is 895. The summed E-state index contributed by atoms with van der Waals surface area (Å²) in [5.41, 5.74) is 10.7.